The van der Waals surface area contributed by atoms with E-state index in [2.05, 4.69) is 34.9 Å². The first-order valence-electron chi connectivity index (χ1n) is 10.7. The van der Waals surface area contributed by atoms with Crippen LogP contribution in [0.1, 0.15) is 12.0 Å². The highest BCUT2D eigenvalue weighted by Gasteiger charge is 2.25. The average Bonchev–Trinajstić information content (AvgIpc) is 2.81. The van der Waals surface area contributed by atoms with Crippen molar-refractivity contribution >= 4 is 39.3 Å². The Kier molecular flexibility index (Phi) is 9.56. The molecule has 0 aliphatic heterocycles. The van der Waals surface area contributed by atoms with Crippen LogP contribution in [0, 0.1) is 0 Å². The van der Waals surface area contributed by atoms with Gasteiger partial charge in [-0.25, -0.2) is 4.79 Å². The highest BCUT2D eigenvalue weighted by Crippen LogP contribution is 2.34. The second-order valence-corrected chi connectivity index (χ2v) is 11.4. The molecule has 9 heteroatoms. The fourth-order valence-corrected chi connectivity index (χ4v) is 5.54. The molecule has 0 aliphatic carbocycles. The number of urea groups is 1. The van der Waals surface area contributed by atoms with Gasteiger partial charge in [0.15, 0.2) is 0 Å². The minimum Gasteiger partial charge on any atom is -0.390 e. The van der Waals surface area contributed by atoms with Crippen LogP contribution in [-0.2, 0) is 10.9 Å². The number of anilines is 1. The molecule has 7 nitrogen and oxygen atoms in total. The molecule has 0 unspecified atom stereocenters. The van der Waals surface area contributed by atoms with Crippen molar-refractivity contribution in [2.45, 2.75) is 18.9 Å². The van der Waals surface area contributed by atoms with Gasteiger partial charge in [-0.2, -0.15) is 0 Å². The van der Waals surface area contributed by atoms with Gasteiger partial charge in [0.25, 0.3) is 0 Å². The van der Waals surface area contributed by atoms with Gasteiger partial charge in [0, 0.05) is 28.9 Å². The van der Waals surface area contributed by atoms with Crippen LogP contribution in [0.4, 0.5) is 10.5 Å². The summed E-state index contributed by atoms with van der Waals surface area (Å²) in [5.74, 6) is 0. The summed E-state index contributed by atoms with van der Waals surface area (Å²) in [5, 5.41) is 7.70. The standard InChI is InChI=1S/C24H29N2O5PSi/c27-24(25-17-7-19-33(28,29)30)26-21-14-12-20(13-15-21)16-18-31-32(22-8-3-1-4-9-22)23-10-5-2-6-11-23/h1-6,8-15,28-30H,7,16-19H2,(H2,25,26,27). The third kappa shape index (κ3) is 9.05. The highest BCUT2D eigenvalue weighted by molar-refractivity contribution is 7.68. The molecule has 174 valence electrons. The van der Waals surface area contributed by atoms with Crippen molar-refractivity contribution in [1.29, 1.82) is 0 Å². The minimum absolute atomic E-state index is 0.110. The fraction of sp³-hybridized carbons (Fsp3) is 0.208. The molecule has 3 aromatic carbocycles. The lowest BCUT2D eigenvalue weighted by atomic mass is 10.1. The summed E-state index contributed by atoms with van der Waals surface area (Å²) in [6.07, 6.45) is 1.04. The van der Waals surface area contributed by atoms with Crippen molar-refractivity contribution in [1.82, 2.24) is 5.32 Å². The second kappa shape index (κ2) is 12.6. The van der Waals surface area contributed by atoms with Gasteiger partial charge in [0.1, 0.15) is 0 Å². The van der Waals surface area contributed by atoms with E-state index in [9.17, 15) is 4.79 Å². The second-order valence-electron chi connectivity index (χ2n) is 7.50. The monoisotopic (exact) mass is 484 g/mol. The first-order chi connectivity index (χ1) is 15.9. The molecule has 0 aromatic heterocycles. The van der Waals surface area contributed by atoms with Crippen molar-refractivity contribution in [3.05, 3.63) is 90.5 Å². The topological polar surface area (TPSA) is 111 Å². The van der Waals surface area contributed by atoms with Crippen LogP contribution in [0.3, 0.4) is 0 Å². The average molecular weight is 485 g/mol. The van der Waals surface area contributed by atoms with Gasteiger partial charge in [-0.15, -0.1) is 0 Å². The quantitative estimate of drug-likeness (QED) is 0.163. The number of hydrogen-bond acceptors (Lipinski definition) is 5. The maximum Gasteiger partial charge on any atom is 0.492 e. The predicted molar refractivity (Wildman–Crippen MR) is 134 cm³/mol. The van der Waals surface area contributed by atoms with E-state index in [0.29, 0.717) is 12.3 Å². The van der Waals surface area contributed by atoms with Crippen LogP contribution >= 0.6 is 8.15 Å². The van der Waals surface area contributed by atoms with Gasteiger partial charge in [-0.1, -0.05) is 72.8 Å². The number of benzene rings is 3. The Morgan fingerprint density at radius 1 is 0.848 bits per heavy atom. The van der Waals surface area contributed by atoms with Crippen molar-refractivity contribution in [2.24, 2.45) is 0 Å². The van der Waals surface area contributed by atoms with Crippen LogP contribution in [0.2, 0.25) is 6.04 Å². The fourth-order valence-electron chi connectivity index (χ4n) is 3.14. The Morgan fingerprint density at radius 2 is 1.42 bits per heavy atom. The lowest BCUT2D eigenvalue weighted by Gasteiger charge is -2.18. The lowest BCUT2D eigenvalue weighted by molar-refractivity contribution is 0.225. The molecule has 0 bridgehead atoms. The number of hydrogen-bond donors (Lipinski definition) is 5. The van der Waals surface area contributed by atoms with Crippen LogP contribution in [0.25, 0.3) is 0 Å². The molecule has 2 amide bonds. The Hall–Kier alpha value is -2.58. The molecule has 0 saturated carbocycles. The summed E-state index contributed by atoms with van der Waals surface area (Å²) in [7, 11) is -4.94. The smallest absolute Gasteiger partial charge is 0.390 e. The maximum absolute atomic E-state index is 11.9. The van der Waals surface area contributed by atoms with Crippen LogP contribution in [0.15, 0.2) is 84.9 Å². The zero-order chi connectivity index (χ0) is 23.5. The molecule has 33 heavy (non-hydrogen) atoms. The first-order valence-corrected chi connectivity index (χ1v) is 14.1. The zero-order valence-electron chi connectivity index (χ0n) is 18.2. The SMILES string of the molecule is O=C(NCCC[Si](O)(O)O)Nc1ccc(CCOP(c2ccccc2)c2ccccc2)cc1. The van der Waals surface area contributed by atoms with Crippen molar-refractivity contribution in [3.63, 3.8) is 0 Å². The first kappa shape index (κ1) is 25.0. The van der Waals surface area contributed by atoms with Gasteiger partial charge < -0.3 is 29.5 Å². The number of rotatable bonds is 11. The molecular formula is C24H29N2O5PSi. The summed E-state index contributed by atoms with van der Waals surface area (Å²) >= 11 is 0. The summed E-state index contributed by atoms with van der Waals surface area (Å²) in [6.45, 7) is 0.817. The van der Waals surface area contributed by atoms with Gasteiger partial charge in [0.2, 0.25) is 0 Å². The van der Waals surface area contributed by atoms with E-state index in [0.717, 1.165) is 12.0 Å². The molecule has 0 atom stereocenters. The Bertz CT molecular complexity index is 946. The number of amides is 2. The van der Waals surface area contributed by atoms with E-state index in [1.807, 2.05) is 60.7 Å². The van der Waals surface area contributed by atoms with Crippen LogP contribution < -0.4 is 21.2 Å². The Labute approximate surface area is 196 Å². The van der Waals surface area contributed by atoms with Gasteiger partial charge >= 0.3 is 14.8 Å². The molecule has 0 saturated heterocycles. The van der Waals surface area contributed by atoms with Gasteiger partial charge in [-0.05, 0) is 30.5 Å². The molecule has 0 fully saturated rings. The van der Waals surface area contributed by atoms with Crippen LogP contribution in [0.5, 0.6) is 0 Å². The summed E-state index contributed by atoms with van der Waals surface area (Å²) in [5.41, 5.74) is 1.76. The zero-order valence-corrected chi connectivity index (χ0v) is 20.1. The van der Waals surface area contributed by atoms with E-state index < -0.39 is 17.0 Å². The molecule has 0 spiro atoms. The third-order valence-corrected chi connectivity index (χ3v) is 7.78. The lowest BCUT2D eigenvalue weighted by Crippen LogP contribution is -2.36. The molecule has 3 aromatic rings. The third-order valence-electron chi connectivity index (χ3n) is 4.78. The number of nitrogens with one attached hydrogen (secondary N) is 2. The molecule has 0 heterocycles. The molecule has 5 N–H and O–H groups in total. The predicted octanol–water partition coefficient (Wildman–Crippen LogP) is 2.72. The maximum atomic E-state index is 11.9. The van der Waals surface area contributed by atoms with Gasteiger partial charge in [0.05, 0.1) is 14.8 Å². The van der Waals surface area contributed by atoms with E-state index in [1.54, 1.807) is 0 Å². The van der Waals surface area contributed by atoms with E-state index in [1.165, 1.54) is 10.6 Å². The largest absolute Gasteiger partial charge is 0.492 e. The number of carbonyl (C=O) groups is 1. The molecule has 0 radical (unpaired) electrons. The summed E-state index contributed by atoms with van der Waals surface area (Å²) in [6, 6.07) is 27.6. The van der Waals surface area contributed by atoms with Crippen molar-refractivity contribution in [2.75, 3.05) is 18.5 Å². The number of carbonyl (C=O) groups excluding carboxylic acids is 1. The van der Waals surface area contributed by atoms with Crippen molar-refractivity contribution < 1.29 is 23.7 Å². The molecule has 0 aliphatic rings. The van der Waals surface area contributed by atoms with Crippen molar-refractivity contribution in [3.8, 4) is 0 Å². The summed E-state index contributed by atoms with van der Waals surface area (Å²) < 4.78 is 6.33. The van der Waals surface area contributed by atoms with E-state index in [4.69, 9.17) is 18.9 Å². The Morgan fingerprint density at radius 3 is 1.97 bits per heavy atom. The van der Waals surface area contributed by atoms with E-state index in [-0.39, 0.29) is 25.0 Å². The highest BCUT2D eigenvalue weighted by atomic mass is 31.1. The van der Waals surface area contributed by atoms with Crippen LogP contribution in [-0.4, -0.2) is 42.4 Å². The molecule has 3 rings (SSSR count). The summed E-state index contributed by atoms with van der Waals surface area (Å²) in [4.78, 5) is 38.8. The molecular weight excluding hydrogens is 455 g/mol. The van der Waals surface area contributed by atoms with E-state index >= 15 is 0 Å². The minimum atomic E-state index is -4.05. The Balaban J connectivity index is 1.47. The normalized spacial score (nSPS) is 11.4. The van der Waals surface area contributed by atoms with Gasteiger partial charge in [-0.3, -0.25) is 0 Å².